The third-order valence-electron chi connectivity index (χ3n) is 9.27. The molecule has 0 aromatic carbocycles. The highest BCUT2D eigenvalue weighted by atomic mass is 31.2. The summed E-state index contributed by atoms with van der Waals surface area (Å²) in [5.41, 5.74) is 0. The molecule has 1 fully saturated rings. The summed E-state index contributed by atoms with van der Waals surface area (Å²) in [4.78, 5) is 35.4. The zero-order valence-electron chi connectivity index (χ0n) is 32.3. The number of rotatable bonds is 32. The SMILES string of the molecule is CCCC/C=C/CCCCCCCC(=O)OC[C@H](COP(=O)(O)OC1C(O)C(O)C(O)[C@@H](O)C1O)OC(=O)CCCCCCC/C=C/CCCCCC. The molecule has 0 heterocycles. The van der Waals surface area contributed by atoms with Crippen LogP contribution >= 0.6 is 7.82 Å². The molecule has 0 amide bonds. The normalized spacial score (nSPS) is 23.7. The number of phosphoric acid groups is 1. The number of hydrogen-bond acceptors (Lipinski definition) is 12. The fourth-order valence-corrected chi connectivity index (χ4v) is 6.88. The van der Waals surface area contributed by atoms with Gasteiger partial charge >= 0.3 is 19.8 Å². The second-order valence-electron chi connectivity index (χ2n) is 14.1. The molecule has 53 heavy (non-hydrogen) atoms. The summed E-state index contributed by atoms with van der Waals surface area (Å²) in [5.74, 6) is -1.12. The van der Waals surface area contributed by atoms with E-state index < -0.39 is 75.7 Å². The van der Waals surface area contributed by atoms with E-state index in [1.807, 2.05) is 0 Å². The molecule has 0 aromatic heterocycles. The summed E-state index contributed by atoms with van der Waals surface area (Å²) in [6, 6.07) is 0. The van der Waals surface area contributed by atoms with Gasteiger partial charge in [0.25, 0.3) is 0 Å². The van der Waals surface area contributed by atoms with Gasteiger partial charge in [0.2, 0.25) is 0 Å². The maximum absolute atomic E-state index is 12.7. The molecule has 14 heteroatoms. The van der Waals surface area contributed by atoms with Crippen LogP contribution in [0.4, 0.5) is 0 Å². The smallest absolute Gasteiger partial charge is 0.462 e. The van der Waals surface area contributed by atoms with E-state index >= 15 is 0 Å². The monoisotopic (exact) mass is 778 g/mol. The lowest BCUT2D eigenvalue weighted by molar-refractivity contribution is -0.220. The van der Waals surface area contributed by atoms with E-state index in [1.165, 1.54) is 38.5 Å². The molecule has 6 unspecified atom stereocenters. The minimum Gasteiger partial charge on any atom is -0.462 e. The third kappa shape index (κ3) is 23.8. The molecule has 1 saturated carbocycles. The summed E-state index contributed by atoms with van der Waals surface area (Å²) >= 11 is 0. The van der Waals surface area contributed by atoms with Crippen LogP contribution in [-0.4, -0.2) is 98.3 Å². The van der Waals surface area contributed by atoms with Crippen LogP contribution in [0.15, 0.2) is 24.3 Å². The predicted octanol–water partition coefficient (Wildman–Crippen LogP) is 6.50. The van der Waals surface area contributed by atoms with Crippen molar-refractivity contribution in [1.82, 2.24) is 0 Å². The number of carbonyl (C=O) groups excluding carboxylic acids is 2. The summed E-state index contributed by atoms with van der Waals surface area (Å²) in [7, 11) is -5.11. The minimum atomic E-state index is -5.11. The van der Waals surface area contributed by atoms with Crippen molar-refractivity contribution in [2.75, 3.05) is 13.2 Å². The third-order valence-corrected chi connectivity index (χ3v) is 10.3. The first-order chi connectivity index (χ1) is 25.4. The minimum absolute atomic E-state index is 0.0858. The van der Waals surface area contributed by atoms with Crippen LogP contribution in [0.3, 0.4) is 0 Å². The van der Waals surface area contributed by atoms with Gasteiger partial charge in [0.05, 0.1) is 6.61 Å². The lowest BCUT2D eigenvalue weighted by Gasteiger charge is -2.41. The van der Waals surface area contributed by atoms with E-state index in [1.54, 1.807) is 0 Å². The molecule has 0 spiro atoms. The topological polar surface area (TPSA) is 210 Å². The first-order valence-corrected chi connectivity index (χ1v) is 21.6. The zero-order chi connectivity index (χ0) is 39.3. The van der Waals surface area contributed by atoms with E-state index in [4.69, 9.17) is 18.5 Å². The Bertz CT molecular complexity index is 1040. The van der Waals surface area contributed by atoms with Gasteiger partial charge in [0.15, 0.2) is 6.10 Å². The lowest BCUT2D eigenvalue weighted by atomic mass is 9.85. The highest BCUT2D eigenvalue weighted by molar-refractivity contribution is 7.47. The van der Waals surface area contributed by atoms with E-state index in [0.29, 0.717) is 12.8 Å². The highest BCUT2D eigenvalue weighted by Gasteiger charge is 2.51. The van der Waals surface area contributed by atoms with Gasteiger partial charge in [-0.25, -0.2) is 4.57 Å². The molecule has 310 valence electrons. The number of ether oxygens (including phenoxy) is 2. The molecule has 13 nitrogen and oxygen atoms in total. The Balaban J connectivity index is 2.54. The van der Waals surface area contributed by atoms with Gasteiger partial charge in [0.1, 0.15) is 43.2 Å². The van der Waals surface area contributed by atoms with Gasteiger partial charge < -0.3 is 39.9 Å². The fraction of sp³-hybridized carbons (Fsp3) is 0.846. The first-order valence-electron chi connectivity index (χ1n) is 20.1. The summed E-state index contributed by atoms with van der Waals surface area (Å²) in [6.07, 6.45) is 16.8. The van der Waals surface area contributed by atoms with Crippen LogP contribution in [0, 0.1) is 0 Å². The summed E-state index contributed by atoms with van der Waals surface area (Å²) in [6.45, 7) is 3.19. The molecule has 0 bridgehead atoms. The molecule has 0 saturated heterocycles. The van der Waals surface area contributed by atoms with Crippen molar-refractivity contribution >= 4 is 19.8 Å². The van der Waals surface area contributed by atoms with Crippen molar-refractivity contribution in [3.8, 4) is 0 Å². The van der Waals surface area contributed by atoms with Gasteiger partial charge in [-0.1, -0.05) is 109 Å². The van der Waals surface area contributed by atoms with Crippen molar-refractivity contribution < 1.29 is 63.1 Å². The van der Waals surface area contributed by atoms with Crippen LogP contribution in [0.5, 0.6) is 0 Å². The van der Waals surface area contributed by atoms with Crippen LogP contribution in [-0.2, 0) is 32.7 Å². The maximum Gasteiger partial charge on any atom is 0.472 e. The van der Waals surface area contributed by atoms with Gasteiger partial charge in [-0.3, -0.25) is 18.6 Å². The number of allylic oxidation sites excluding steroid dienone is 4. The van der Waals surface area contributed by atoms with Crippen LogP contribution in [0.25, 0.3) is 0 Å². The molecular formula is C39H71O13P. The average Bonchev–Trinajstić information content (AvgIpc) is 3.13. The van der Waals surface area contributed by atoms with Gasteiger partial charge in [-0.05, 0) is 57.8 Å². The molecule has 0 aromatic rings. The lowest BCUT2D eigenvalue weighted by Crippen LogP contribution is -2.64. The number of aliphatic hydroxyl groups excluding tert-OH is 5. The maximum atomic E-state index is 12.7. The molecule has 8 atom stereocenters. The summed E-state index contributed by atoms with van der Waals surface area (Å²) in [5, 5.41) is 49.9. The van der Waals surface area contributed by atoms with Crippen molar-refractivity contribution in [2.24, 2.45) is 0 Å². The van der Waals surface area contributed by atoms with E-state index in [2.05, 4.69) is 38.2 Å². The van der Waals surface area contributed by atoms with Crippen LogP contribution in [0.2, 0.25) is 0 Å². The van der Waals surface area contributed by atoms with Gasteiger partial charge in [0, 0.05) is 12.8 Å². The van der Waals surface area contributed by atoms with E-state index in [0.717, 1.165) is 77.0 Å². The Hall–Kier alpha value is -1.67. The van der Waals surface area contributed by atoms with Crippen molar-refractivity contribution in [3.05, 3.63) is 24.3 Å². The van der Waals surface area contributed by atoms with Crippen LogP contribution < -0.4 is 0 Å². The fourth-order valence-electron chi connectivity index (χ4n) is 5.91. The zero-order valence-corrected chi connectivity index (χ0v) is 33.2. The number of carbonyl (C=O) groups is 2. The Labute approximate surface area is 317 Å². The van der Waals surface area contributed by atoms with Gasteiger partial charge in [-0.2, -0.15) is 0 Å². The second-order valence-corrected chi connectivity index (χ2v) is 15.5. The number of esters is 2. The Morgan fingerprint density at radius 3 is 1.49 bits per heavy atom. The Kier molecular flexibility index (Phi) is 28.4. The Morgan fingerprint density at radius 1 is 0.566 bits per heavy atom. The molecule has 1 aliphatic carbocycles. The van der Waals surface area contributed by atoms with E-state index in [-0.39, 0.29) is 12.8 Å². The predicted molar refractivity (Wildman–Crippen MR) is 203 cm³/mol. The van der Waals surface area contributed by atoms with Gasteiger partial charge in [-0.15, -0.1) is 0 Å². The number of aliphatic hydroxyl groups is 5. The molecule has 6 N–H and O–H groups in total. The Morgan fingerprint density at radius 2 is 0.981 bits per heavy atom. The van der Waals surface area contributed by atoms with Crippen molar-refractivity contribution in [3.63, 3.8) is 0 Å². The van der Waals surface area contributed by atoms with E-state index in [9.17, 15) is 44.6 Å². The molecule has 1 rings (SSSR count). The average molecular weight is 779 g/mol. The standard InChI is InChI=1S/C39H71O13P/c1-3-5-7-9-11-13-15-16-18-20-22-24-26-28-33(41)51-31(29-49-32(40)27-25-23-21-19-17-14-12-10-8-6-4-2)30-50-53(47,48)52-39-37(45)35(43)34(42)36(44)38(39)46/h10,12-13,15,31,34-39,42-46H,3-9,11,14,16-30H2,1-2H3,(H,47,48)/b12-10+,15-13+/t31-,34?,35-,36?,37?,38?,39?/m1/s1. The second kappa shape index (κ2) is 30.5. The number of unbranched alkanes of at least 4 members (excludes halogenated alkanes) is 16. The molecular weight excluding hydrogens is 707 g/mol. The molecule has 0 aliphatic heterocycles. The number of hydrogen-bond donors (Lipinski definition) is 6. The number of phosphoric ester groups is 1. The first kappa shape index (κ1) is 49.3. The molecule has 0 radical (unpaired) electrons. The largest absolute Gasteiger partial charge is 0.472 e. The van der Waals surface area contributed by atoms with Crippen LogP contribution in [0.1, 0.15) is 155 Å². The quantitative estimate of drug-likeness (QED) is 0.0187. The molecule has 1 aliphatic rings. The van der Waals surface area contributed by atoms with Crippen molar-refractivity contribution in [1.29, 1.82) is 0 Å². The summed E-state index contributed by atoms with van der Waals surface area (Å²) < 4.78 is 33.3. The highest BCUT2D eigenvalue weighted by Crippen LogP contribution is 2.47. The van der Waals surface area contributed by atoms with Crippen molar-refractivity contribution in [2.45, 2.75) is 198 Å².